The predicted octanol–water partition coefficient (Wildman–Crippen LogP) is 3.47. The molecule has 0 fully saturated rings. The topological polar surface area (TPSA) is 24.9 Å². The molecule has 0 saturated heterocycles. The fourth-order valence-electron chi connectivity index (χ4n) is 1.13. The van der Waals surface area contributed by atoms with Crippen molar-refractivity contribution in [1.29, 1.82) is 0 Å². The average molecular weight is 226 g/mol. The van der Waals surface area contributed by atoms with Gasteiger partial charge in [-0.2, -0.15) is 0 Å². The second-order valence-corrected chi connectivity index (χ2v) is 3.88. The molecule has 1 aromatic carbocycles. The Morgan fingerprint density at radius 1 is 1.33 bits per heavy atom. The Kier molecular flexibility index (Phi) is 2.64. The number of aryl methyl sites for hydroxylation is 1. The van der Waals surface area contributed by atoms with Crippen LogP contribution in [0.1, 0.15) is 5.69 Å². The third kappa shape index (κ3) is 2.12. The van der Waals surface area contributed by atoms with Crippen LogP contribution in [0.25, 0.3) is 0 Å². The molecule has 1 aromatic heterocycles. The van der Waals surface area contributed by atoms with Crippen molar-refractivity contribution in [2.24, 2.45) is 0 Å². The first kappa shape index (κ1) is 10.0. The summed E-state index contributed by atoms with van der Waals surface area (Å²) in [5.41, 5.74) is 0.948. The van der Waals surface area contributed by atoms with Crippen molar-refractivity contribution >= 4 is 22.2 Å². The summed E-state index contributed by atoms with van der Waals surface area (Å²) in [5, 5.41) is 5.11. The summed E-state index contributed by atoms with van der Waals surface area (Å²) >= 11 is 1.35. The standard InChI is InChI=1S/C10H8F2N2S/c1-6-5-15-10(13-6)14-8-4-2-3-7(11)9(8)12/h2-5H,1H3,(H,13,14). The number of rotatable bonds is 2. The lowest BCUT2D eigenvalue weighted by Gasteiger charge is -2.03. The zero-order valence-electron chi connectivity index (χ0n) is 7.92. The Bertz CT molecular complexity index is 482. The lowest BCUT2D eigenvalue weighted by molar-refractivity contribution is 0.512. The zero-order valence-corrected chi connectivity index (χ0v) is 8.74. The number of benzene rings is 1. The molecule has 1 N–H and O–H groups in total. The lowest BCUT2D eigenvalue weighted by Crippen LogP contribution is -1.95. The van der Waals surface area contributed by atoms with Crippen LogP contribution in [0.5, 0.6) is 0 Å². The maximum absolute atomic E-state index is 13.2. The number of hydrogen-bond donors (Lipinski definition) is 1. The van der Waals surface area contributed by atoms with Gasteiger partial charge in [0.05, 0.1) is 11.4 Å². The average Bonchev–Trinajstić information content (AvgIpc) is 2.59. The minimum absolute atomic E-state index is 0.101. The van der Waals surface area contributed by atoms with Gasteiger partial charge in [0.1, 0.15) is 0 Å². The lowest BCUT2D eigenvalue weighted by atomic mass is 10.3. The first-order valence-electron chi connectivity index (χ1n) is 4.30. The molecule has 0 spiro atoms. The van der Waals surface area contributed by atoms with Crippen molar-refractivity contribution < 1.29 is 8.78 Å². The van der Waals surface area contributed by atoms with Gasteiger partial charge in [-0.05, 0) is 19.1 Å². The summed E-state index contributed by atoms with van der Waals surface area (Å²) in [6.07, 6.45) is 0. The summed E-state index contributed by atoms with van der Waals surface area (Å²) in [5.74, 6) is -1.75. The van der Waals surface area contributed by atoms with E-state index < -0.39 is 11.6 Å². The molecule has 2 aromatic rings. The van der Waals surface area contributed by atoms with Crippen molar-refractivity contribution in [2.75, 3.05) is 5.32 Å². The highest BCUT2D eigenvalue weighted by Crippen LogP contribution is 2.23. The molecule has 15 heavy (non-hydrogen) atoms. The molecule has 0 radical (unpaired) electrons. The van der Waals surface area contributed by atoms with Gasteiger partial charge >= 0.3 is 0 Å². The van der Waals surface area contributed by atoms with Crippen molar-refractivity contribution in [3.63, 3.8) is 0 Å². The molecular formula is C10H8F2N2S. The molecule has 0 unspecified atom stereocenters. The van der Waals surface area contributed by atoms with Crippen LogP contribution in [0.4, 0.5) is 19.6 Å². The van der Waals surface area contributed by atoms with Crippen LogP contribution < -0.4 is 5.32 Å². The monoisotopic (exact) mass is 226 g/mol. The quantitative estimate of drug-likeness (QED) is 0.848. The van der Waals surface area contributed by atoms with Crippen molar-refractivity contribution in [1.82, 2.24) is 4.98 Å². The molecule has 0 aliphatic rings. The first-order chi connectivity index (χ1) is 7.16. The minimum Gasteiger partial charge on any atom is -0.329 e. The highest BCUT2D eigenvalue weighted by Gasteiger charge is 2.08. The molecule has 0 atom stereocenters. The minimum atomic E-state index is -0.884. The molecule has 5 heteroatoms. The van der Waals surface area contributed by atoms with Gasteiger partial charge in [-0.1, -0.05) is 6.07 Å². The molecule has 2 nitrogen and oxygen atoms in total. The molecule has 0 aliphatic heterocycles. The number of hydrogen-bond acceptors (Lipinski definition) is 3. The van der Waals surface area contributed by atoms with Gasteiger partial charge in [0.15, 0.2) is 16.8 Å². The maximum atomic E-state index is 13.2. The normalized spacial score (nSPS) is 10.3. The summed E-state index contributed by atoms with van der Waals surface area (Å²) < 4.78 is 26.1. The first-order valence-corrected chi connectivity index (χ1v) is 5.18. The van der Waals surface area contributed by atoms with E-state index in [0.717, 1.165) is 11.8 Å². The zero-order chi connectivity index (χ0) is 10.8. The number of nitrogens with one attached hydrogen (secondary N) is 1. The smallest absolute Gasteiger partial charge is 0.187 e. The van der Waals surface area contributed by atoms with E-state index in [-0.39, 0.29) is 5.69 Å². The Morgan fingerprint density at radius 3 is 2.80 bits per heavy atom. The van der Waals surface area contributed by atoms with E-state index in [9.17, 15) is 8.78 Å². The van der Waals surface area contributed by atoms with Crippen LogP contribution in [-0.4, -0.2) is 4.98 Å². The van der Waals surface area contributed by atoms with Crippen LogP contribution in [0, 0.1) is 18.6 Å². The van der Waals surface area contributed by atoms with Gasteiger partial charge in [-0.15, -0.1) is 11.3 Å². The highest BCUT2D eigenvalue weighted by molar-refractivity contribution is 7.13. The van der Waals surface area contributed by atoms with E-state index in [1.54, 1.807) is 0 Å². The van der Waals surface area contributed by atoms with Gasteiger partial charge in [0.25, 0.3) is 0 Å². The number of nitrogens with zero attached hydrogens (tertiary/aromatic N) is 1. The fourth-order valence-corrected chi connectivity index (χ4v) is 1.83. The molecular weight excluding hydrogens is 218 g/mol. The van der Waals surface area contributed by atoms with Crippen LogP contribution in [0.15, 0.2) is 23.6 Å². The molecule has 2 rings (SSSR count). The molecule has 78 valence electrons. The Labute approximate surface area is 89.6 Å². The third-order valence-corrected chi connectivity index (χ3v) is 2.69. The number of thiazole rings is 1. The van der Waals surface area contributed by atoms with Crippen LogP contribution >= 0.6 is 11.3 Å². The highest BCUT2D eigenvalue weighted by atomic mass is 32.1. The van der Waals surface area contributed by atoms with Gasteiger partial charge in [0.2, 0.25) is 0 Å². The SMILES string of the molecule is Cc1csc(Nc2cccc(F)c2F)n1. The van der Waals surface area contributed by atoms with Crippen LogP contribution in [-0.2, 0) is 0 Å². The van der Waals surface area contributed by atoms with Gasteiger partial charge in [-0.3, -0.25) is 0 Å². The summed E-state index contributed by atoms with van der Waals surface area (Å²) in [6, 6.07) is 3.99. The molecule has 0 aliphatic carbocycles. The van der Waals surface area contributed by atoms with Crippen molar-refractivity contribution in [2.45, 2.75) is 6.92 Å². The largest absolute Gasteiger partial charge is 0.329 e. The second kappa shape index (κ2) is 3.94. The molecule has 0 saturated carbocycles. The van der Waals surface area contributed by atoms with Gasteiger partial charge in [0, 0.05) is 5.38 Å². The summed E-state index contributed by atoms with van der Waals surface area (Å²) in [7, 11) is 0. The van der Waals surface area contributed by atoms with Crippen molar-refractivity contribution in [3.05, 3.63) is 40.9 Å². The Morgan fingerprint density at radius 2 is 2.13 bits per heavy atom. The summed E-state index contributed by atoms with van der Waals surface area (Å²) in [6.45, 7) is 1.84. The second-order valence-electron chi connectivity index (χ2n) is 3.02. The van der Waals surface area contributed by atoms with Gasteiger partial charge < -0.3 is 5.32 Å². The summed E-state index contributed by atoms with van der Waals surface area (Å²) in [4.78, 5) is 4.10. The molecule has 1 heterocycles. The Balaban J connectivity index is 2.28. The van der Waals surface area contributed by atoms with Crippen molar-refractivity contribution in [3.8, 4) is 0 Å². The van der Waals surface area contributed by atoms with E-state index in [0.29, 0.717) is 5.13 Å². The third-order valence-electron chi connectivity index (χ3n) is 1.81. The Hall–Kier alpha value is -1.49. The van der Waals surface area contributed by atoms with E-state index >= 15 is 0 Å². The fraction of sp³-hybridized carbons (Fsp3) is 0.100. The van der Waals surface area contributed by atoms with E-state index in [1.807, 2.05) is 12.3 Å². The van der Waals surface area contributed by atoms with Gasteiger partial charge in [-0.25, -0.2) is 13.8 Å². The van der Waals surface area contributed by atoms with Crippen LogP contribution in [0.2, 0.25) is 0 Å². The predicted molar refractivity (Wildman–Crippen MR) is 56.5 cm³/mol. The molecule has 0 amide bonds. The maximum Gasteiger partial charge on any atom is 0.187 e. The number of halogens is 2. The number of aromatic nitrogens is 1. The van der Waals surface area contributed by atoms with E-state index in [1.165, 1.54) is 23.5 Å². The van der Waals surface area contributed by atoms with E-state index in [2.05, 4.69) is 10.3 Å². The van der Waals surface area contributed by atoms with E-state index in [4.69, 9.17) is 0 Å². The molecule has 0 bridgehead atoms. The number of anilines is 2. The van der Waals surface area contributed by atoms with Crippen LogP contribution in [0.3, 0.4) is 0 Å².